The second-order valence-corrected chi connectivity index (χ2v) is 4.84. The third-order valence-electron chi connectivity index (χ3n) is 2.24. The van der Waals surface area contributed by atoms with Gasteiger partial charge in [0.2, 0.25) is 0 Å². The lowest BCUT2D eigenvalue weighted by molar-refractivity contribution is 0.466. The molecule has 1 aromatic carbocycles. The first-order valence-corrected chi connectivity index (χ1v) is 5.38. The molecule has 1 atom stereocenters. The van der Waals surface area contributed by atoms with Crippen molar-refractivity contribution < 1.29 is 12.9 Å². The standard InChI is InChI=1S/C9H9BF3S/c11-10(12,13)6-8-5-7-3-1-2-4-9(7)14-8/h1-4,8H,5-6H2/q-1. The molecule has 1 heterocycles. The van der Waals surface area contributed by atoms with Crippen molar-refractivity contribution in [1.29, 1.82) is 0 Å². The molecule has 1 aliphatic heterocycles. The second-order valence-electron chi connectivity index (χ2n) is 3.50. The van der Waals surface area contributed by atoms with Gasteiger partial charge in [-0.25, -0.2) is 0 Å². The van der Waals surface area contributed by atoms with Gasteiger partial charge in [0.05, 0.1) is 0 Å². The number of hydrogen-bond donors (Lipinski definition) is 0. The maximum absolute atomic E-state index is 12.2. The minimum Gasteiger partial charge on any atom is -0.449 e. The predicted molar refractivity (Wildman–Crippen MR) is 53.7 cm³/mol. The van der Waals surface area contributed by atoms with Gasteiger partial charge >= 0.3 is 6.98 Å². The van der Waals surface area contributed by atoms with Crippen LogP contribution in [0.5, 0.6) is 0 Å². The Bertz CT molecular complexity index is 312. The van der Waals surface area contributed by atoms with Crippen molar-refractivity contribution in [3.8, 4) is 0 Å². The van der Waals surface area contributed by atoms with E-state index < -0.39 is 13.3 Å². The summed E-state index contributed by atoms with van der Waals surface area (Å²) >= 11 is 1.36. The Hall–Kier alpha value is -0.575. The van der Waals surface area contributed by atoms with Crippen LogP contribution in [0.1, 0.15) is 5.56 Å². The smallest absolute Gasteiger partial charge is 0.449 e. The average molecular weight is 217 g/mol. The average Bonchev–Trinajstić information content (AvgIpc) is 2.42. The number of hydrogen-bond acceptors (Lipinski definition) is 1. The van der Waals surface area contributed by atoms with E-state index in [1.807, 2.05) is 24.3 Å². The number of rotatable bonds is 2. The maximum Gasteiger partial charge on any atom is 0.479 e. The Balaban J connectivity index is 2.05. The van der Waals surface area contributed by atoms with Gasteiger partial charge in [-0.1, -0.05) is 24.5 Å². The van der Waals surface area contributed by atoms with Gasteiger partial charge in [-0.2, -0.15) is 0 Å². The van der Waals surface area contributed by atoms with Crippen molar-refractivity contribution in [2.45, 2.75) is 22.9 Å². The van der Waals surface area contributed by atoms with Crippen LogP contribution in [0.15, 0.2) is 29.2 Å². The number of fused-ring (bicyclic) bond motifs is 1. The molecule has 0 saturated heterocycles. The fourth-order valence-corrected chi connectivity index (χ4v) is 3.08. The van der Waals surface area contributed by atoms with Crippen LogP contribution in [0.25, 0.3) is 0 Å². The molecule has 1 aromatic rings. The molecule has 76 valence electrons. The molecule has 5 heteroatoms. The normalized spacial score (nSPS) is 20.9. The highest BCUT2D eigenvalue weighted by Gasteiger charge is 2.31. The Morgan fingerprint density at radius 3 is 2.64 bits per heavy atom. The molecular formula is C9H9BF3S-. The van der Waals surface area contributed by atoms with Crippen LogP contribution >= 0.6 is 11.8 Å². The Morgan fingerprint density at radius 1 is 1.29 bits per heavy atom. The van der Waals surface area contributed by atoms with Crippen LogP contribution in [0, 0.1) is 0 Å². The van der Waals surface area contributed by atoms with Gasteiger partial charge in [-0.15, -0.1) is 11.8 Å². The summed E-state index contributed by atoms with van der Waals surface area (Å²) in [6.45, 7) is -4.65. The second kappa shape index (κ2) is 3.53. The fraction of sp³-hybridized carbons (Fsp3) is 0.333. The molecule has 0 spiro atoms. The third kappa shape index (κ3) is 2.26. The third-order valence-corrected chi connectivity index (χ3v) is 3.59. The molecule has 0 N–H and O–H groups in total. The van der Waals surface area contributed by atoms with Gasteiger partial charge < -0.3 is 12.9 Å². The lowest BCUT2D eigenvalue weighted by Crippen LogP contribution is -2.21. The Kier molecular flexibility index (Phi) is 2.51. The number of thioether (sulfide) groups is 1. The van der Waals surface area contributed by atoms with Crippen molar-refractivity contribution in [1.82, 2.24) is 0 Å². The van der Waals surface area contributed by atoms with Crippen molar-refractivity contribution in [3.63, 3.8) is 0 Å². The summed E-state index contributed by atoms with van der Waals surface area (Å²) in [5, 5.41) is -0.299. The minimum atomic E-state index is -4.65. The topological polar surface area (TPSA) is 0 Å². The van der Waals surface area contributed by atoms with Crippen molar-refractivity contribution in [2.75, 3.05) is 0 Å². The predicted octanol–water partition coefficient (Wildman–Crippen LogP) is 3.55. The summed E-state index contributed by atoms with van der Waals surface area (Å²) in [7, 11) is 0. The van der Waals surface area contributed by atoms with Crippen LogP contribution in [0.2, 0.25) is 6.32 Å². The lowest BCUT2D eigenvalue weighted by Gasteiger charge is -2.17. The van der Waals surface area contributed by atoms with Crippen molar-refractivity contribution in [2.24, 2.45) is 0 Å². The summed E-state index contributed by atoms with van der Waals surface area (Å²) in [6, 6.07) is 7.54. The molecule has 0 bridgehead atoms. The van der Waals surface area contributed by atoms with Gasteiger partial charge in [0.1, 0.15) is 0 Å². The zero-order valence-corrected chi connectivity index (χ0v) is 8.24. The minimum absolute atomic E-state index is 0.299. The molecule has 1 unspecified atom stereocenters. The monoisotopic (exact) mass is 217 g/mol. The van der Waals surface area contributed by atoms with E-state index in [1.165, 1.54) is 11.8 Å². The first-order chi connectivity index (χ1) is 6.54. The molecule has 0 aromatic heterocycles. The van der Waals surface area contributed by atoms with Crippen LogP contribution < -0.4 is 0 Å². The zero-order valence-electron chi connectivity index (χ0n) is 7.42. The number of benzene rings is 1. The van der Waals surface area contributed by atoms with Gasteiger partial charge in [0, 0.05) is 4.90 Å². The van der Waals surface area contributed by atoms with E-state index in [0.717, 1.165) is 10.5 Å². The summed E-state index contributed by atoms with van der Waals surface area (Å²) in [4.78, 5) is 1.01. The lowest BCUT2D eigenvalue weighted by atomic mass is 9.83. The van der Waals surface area contributed by atoms with Gasteiger partial charge in [0.15, 0.2) is 0 Å². The molecule has 0 aliphatic carbocycles. The molecule has 0 fully saturated rings. The summed E-state index contributed by atoms with van der Waals surface area (Å²) in [5.41, 5.74) is 1.06. The van der Waals surface area contributed by atoms with E-state index in [-0.39, 0.29) is 5.25 Å². The van der Waals surface area contributed by atoms with Crippen LogP contribution in [0.4, 0.5) is 12.9 Å². The van der Waals surface area contributed by atoms with Gasteiger partial charge in [0.25, 0.3) is 0 Å². The molecule has 0 radical (unpaired) electrons. The van der Waals surface area contributed by atoms with E-state index >= 15 is 0 Å². The highest BCUT2D eigenvalue weighted by Crippen LogP contribution is 2.40. The van der Waals surface area contributed by atoms with Crippen molar-refractivity contribution >= 4 is 18.7 Å². The van der Waals surface area contributed by atoms with E-state index in [9.17, 15) is 12.9 Å². The van der Waals surface area contributed by atoms with E-state index in [0.29, 0.717) is 6.42 Å². The SMILES string of the molecule is F[B-](F)(F)CC1Cc2ccccc2S1. The Labute approximate surface area is 84.9 Å². The first-order valence-electron chi connectivity index (χ1n) is 4.50. The molecule has 0 saturated carbocycles. The fourth-order valence-electron chi connectivity index (χ4n) is 1.68. The van der Waals surface area contributed by atoms with Crippen LogP contribution in [-0.2, 0) is 6.42 Å². The van der Waals surface area contributed by atoms with Crippen molar-refractivity contribution in [3.05, 3.63) is 29.8 Å². The molecule has 0 nitrogen and oxygen atoms in total. The maximum atomic E-state index is 12.2. The van der Waals surface area contributed by atoms with E-state index in [4.69, 9.17) is 0 Å². The number of halogens is 3. The highest BCUT2D eigenvalue weighted by molar-refractivity contribution is 8.00. The van der Waals surface area contributed by atoms with Gasteiger partial charge in [-0.3, -0.25) is 0 Å². The van der Waals surface area contributed by atoms with E-state index in [2.05, 4.69) is 0 Å². The van der Waals surface area contributed by atoms with Gasteiger partial charge in [-0.05, 0) is 23.3 Å². The molecule has 1 aliphatic rings. The van der Waals surface area contributed by atoms with Crippen LogP contribution in [-0.4, -0.2) is 12.2 Å². The quantitative estimate of drug-likeness (QED) is 0.682. The molecular weight excluding hydrogens is 208 g/mol. The Morgan fingerprint density at radius 2 is 2.00 bits per heavy atom. The highest BCUT2D eigenvalue weighted by atomic mass is 32.2. The van der Waals surface area contributed by atoms with E-state index in [1.54, 1.807) is 0 Å². The summed E-state index contributed by atoms with van der Waals surface area (Å²) in [5.74, 6) is 0. The first kappa shape index (κ1) is 9.96. The molecule has 0 amide bonds. The zero-order chi connectivity index (χ0) is 10.2. The largest absolute Gasteiger partial charge is 0.479 e. The molecule has 14 heavy (non-hydrogen) atoms. The van der Waals surface area contributed by atoms with Crippen LogP contribution in [0.3, 0.4) is 0 Å². The summed E-state index contributed by atoms with van der Waals surface area (Å²) in [6.07, 6.45) is -0.0680. The summed E-state index contributed by atoms with van der Waals surface area (Å²) < 4.78 is 36.5. The molecule has 2 rings (SSSR count).